The molecule has 0 aliphatic heterocycles. The van der Waals surface area contributed by atoms with Gasteiger partial charge < -0.3 is 28.5 Å². The summed E-state index contributed by atoms with van der Waals surface area (Å²) in [6.07, 6.45) is 15.8. The molecule has 1 nitrogen and oxygen atoms in total. The van der Waals surface area contributed by atoms with Gasteiger partial charge in [-0.3, -0.25) is 0 Å². The van der Waals surface area contributed by atoms with E-state index in [1.165, 1.54) is 77.2 Å². The molecule has 0 fully saturated rings. The number of rotatable bonds is 13. The van der Waals surface area contributed by atoms with Crippen molar-refractivity contribution in [2.75, 3.05) is 26.1 Å². The Balaban J connectivity index is 0. The molecule has 0 heterocycles. The smallest absolute Gasteiger partial charge is 0.133 e. The largest absolute Gasteiger partial charge is 1.00 e. The van der Waals surface area contributed by atoms with Gasteiger partial charge in [0.25, 0.3) is 0 Å². The fraction of sp³-hybridized carbons (Fsp3) is 1.00. The first-order valence-corrected chi connectivity index (χ1v) is 9.12. The molecule has 118 valence electrons. The van der Waals surface area contributed by atoms with Crippen LogP contribution in [0.3, 0.4) is 0 Å². The second-order valence-electron chi connectivity index (χ2n) is 6.31. The third-order valence-electron chi connectivity index (χ3n) is 3.69. The molecule has 0 N–H and O–H groups in total. The number of nitrogens with zero attached hydrogens (tertiary/aromatic N) is 1. The summed E-state index contributed by atoms with van der Waals surface area (Å²) in [7, 11) is 4.59. The van der Waals surface area contributed by atoms with Crippen molar-refractivity contribution in [1.82, 2.24) is 0 Å². The van der Waals surface area contributed by atoms with Gasteiger partial charge in [0.05, 0.1) is 20.6 Å². The van der Waals surface area contributed by atoms with Crippen LogP contribution in [-0.4, -0.2) is 30.6 Å². The van der Waals surface area contributed by atoms with Crippen molar-refractivity contribution < 1.29 is 28.5 Å². The maximum absolute atomic E-state index is 3.57. The standard InChI is InChI=1S/C16H35BrN.HI/c1-4-5-6-7-8-9-10-11-12-13-14-15-18(2,3)16-17;/h4-16H2,1-3H3;1H/q+1;/p-1. The quantitative estimate of drug-likeness (QED) is 0.134. The van der Waals surface area contributed by atoms with Crippen LogP contribution in [0.4, 0.5) is 0 Å². The van der Waals surface area contributed by atoms with E-state index in [1.807, 2.05) is 0 Å². The second kappa shape index (κ2) is 15.6. The van der Waals surface area contributed by atoms with Crippen LogP contribution in [0.2, 0.25) is 0 Å². The Labute approximate surface area is 147 Å². The predicted octanol–water partition coefficient (Wildman–Crippen LogP) is 2.73. The molecular formula is C16H35BrIN. The molecule has 0 saturated carbocycles. The summed E-state index contributed by atoms with van der Waals surface area (Å²) >= 11 is 3.57. The Morgan fingerprint density at radius 1 is 0.684 bits per heavy atom. The van der Waals surface area contributed by atoms with Crippen LogP contribution in [0.15, 0.2) is 0 Å². The number of quaternary nitrogens is 1. The molecule has 0 aromatic carbocycles. The SMILES string of the molecule is CCCCCCCCCCCCC[N+](C)(C)CBr.[I-]. The van der Waals surface area contributed by atoms with Crippen molar-refractivity contribution in [3.8, 4) is 0 Å². The van der Waals surface area contributed by atoms with Gasteiger partial charge >= 0.3 is 0 Å². The predicted molar refractivity (Wildman–Crippen MR) is 87.2 cm³/mol. The number of alkyl halides is 1. The van der Waals surface area contributed by atoms with Gasteiger partial charge in [0, 0.05) is 0 Å². The van der Waals surface area contributed by atoms with E-state index >= 15 is 0 Å². The molecule has 0 aromatic rings. The maximum Gasteiger partial charge on any atom is 0.133 e. The lowest BCUT2D eigenvalue weighted by atomic mass is 10.1. The highest BCUT2D eigenvalue weighted by molar-refractivity contribution is 9.09. The number of halogens is 2. The maximum atomic E-state index is 3.57. The normalized spacial score (nSPS) is 11.4. The number of unbranched alkanes of at least 4 members (excludes halogenated alkanes) is 10. The minimum Gasteiger partial charge on any atom is -1.00 e. The molecule has 0 amide bonds. The summed E-state index contributed by atoms with van der Waals surface area (Å²) in [6.45, 7) is 3.60. The van der Waals surface area contributed by atoms with Crippen molar-refractivity contribution in [1.29, 1.82) is 0 Å². The van der Waals surface area contributed by atoms with Crippen molar-refractivity contribution in [3.05, 3.63) is 0 Å². The van der Waals surface area contributed by atoms with Gasteiger partial charge in [-0.2, -0.15) is 0 Å². The summed E-state index contributed by atoms with van der Waals surface area (Å²) < 4.78 is 1.11. The minimum atomic E-state index is 0. The van der Waals surface area contributed by atoms with E-state index in [-0.39, 0.29) is 24.0 Å². The molecule has 0 aliphatic rings. The minimum absolute atomic E-state index is 0. The van der Waals surface area contributed by atoms with Crippen LogP contribution in [0, 0.1) is 0 Å². The molecule has 0 aliphatic carbocycles. The van der Waals surface area contributed by atoms with Crippen LogP contribution >= 0.6 is 15.9 Å². The number of hydrogen-bond acceptors (Lipinski definition) is 0. The second-order valence-corrected chi connectivity index (χ2v) is 6.82. The Bertz CT molecular complexity index is 174. The zero-order valence-electron chi connectivity index (χ0n) is 13.4. The Morgan fingerprint density at radius 3 is 1.42 bits per heavy atom. The average molecular weight is 448 g/mol. The molecule has 0 atom stereocenters. The fourth-order valence-corrected chi connectivity index (χ4v) is 2.51. The molecule has 0 rings (SSSR count). The van der Waals surface area contributed by atoms with Gasteiger partial charge in [0.1, 0.15) is 5.45 Å². The topological polar surface area (TPSA) is 0 Å². The number of hydrogen-bond donors (Lipinski definition) is 0. The lowest BCUT2D eigenvalue weighted by Gasteiger charge is -2.26. The van der Waals surface area contributed by atoms with Gasteiger partial charge in [-0.1, -0.05) is 64.7 Å². The molecule has 0 unspecified atom stereocenters. The Morgan fingerprint density at radius 2 is 1.05 bits per heavy atom. The molecule has 19 heavy (non-hydrogen) atoms. The van der Waals surface area contributed by atoms with Crippen LogP contribution in [0.5, 0.6) is 0 Å². The van der Waals surface area contributed by atoms with Gasteiger partial charge in [-0.05, 0) is 28.8 Å². The first kappa shape index (κ1) is 22.5. The summed E-state index contributed by atoms with van der Waals surface area (Å²) in [4.78, 5) is 0. The summed E-state index contributed by atoms with van der Waals surface area (Å²) in [5.74, 6) is 0. The zero-order valence-corrected chi connectivity index (χ0v) is 17.1. The zero-order chi connectivity index (χ0) is 13.7. The molecule has 0 spiro atoms. The Hall–Kier alpha value is 1.17. The fourth-order valence-electron chi connectivity index (χ4n) is 2.26. The van der Waals surface area contributed by atoms with E-state index in [2.05, 4.69) is 36.9 Å². The summed E-state index contributed by atoms with van der Waals surface area (Å²) in [5, 5.41) is 0. The highest BCUT2D eigenvalue weighted by Gasteiger charge is 2.10. The van der Waals surface area contributed by atoms with Crippen LogP contribution in [0.25, 0.3) is 0 Å². The van der Waals surface area contributed by atoms with Crippen molar-refractivity contribution in [3.63, 3.8) is 0 Å². The van der Waals surface area contributed by atoms with E-state index in [0.717, 1.165) is 9.94 Å². The van der Waals surface area contributed by atoms with Gasteiger partial charge in [0.2, 0.25) is 0 Å². The van der Waals surface area contributed by atoms with Crippen LogP contribution in [-0.2, 0) is 0 Å². The average Bonchev–Trinajstić information content (AvgIpc) is 2.36. The monoisotopic (exact) mass is 447 g/mol. The molecule has 0 aromatic heterocycles. The Kier molecular flexibility index (Phi) is 18.4. The first-order chi connectivity index (χ1) is 8.62. The van der Waals surface area contributed by atoms with E-state index in [0.29, 0.717) is 0 Å². The van der Waals surface area contributed by atoms with Crippen LogP contribution < -0.4 is 24.0 Å². The van der Waals surface area contributed by atoms with Crippen LogP contribution in [0.1, 0.15) is 77.6 Å². The summed E-state index contributed by atoms with van der Waals surface area (Å²) in [5.41, 5.74) is 1.07. The van der Waals surface area contributed by atoms with Gasteiger partial charge in [-0.15, -0.1) is 0 Å². The molecule has 3 heteroatoms. The lowest BCUT2D eigenvalue weighted by Crippen LogP contribution is -3.00. The molecule has 0 saturated heterocycles. The lowest BCUT2D eigenvalue weighted by molar-refractivity contribution is -0.876. The molecule has 0 radical (unpaired) electrons. The first-order valence-electron chi connectivity index (χ1n) is 8.00. The third kappa shape index (κ3) is 17.1. The van der Waals surface area contributed by atoms with E-state index in [9.17, 15) is 0 Å². The van der Waals surface area contributed by atoms with E-state index < -0.39 is 0 Å². The summed E-state index contributed by atoms with van der Waals surface area (Å²) in [6, 6.07) is 0. The highest BCUT2D eigenvalue weighted by Crippen LogP contribution is 2.12. The molecule has 0 bridgehead atoms. The van der Waals surface area contributed by atoms with Crippen molar-refractivity contribution in [2.45, 2.75) is 77.6 Å². The van der Waals surface area contributed by atoms with Crippen molar-refractivity contribution >= 4 is 15.9 Å². The van der Waals surface area contributed by atoms with Crippen molar-refractivity contribution in [2.24, 2.45) is 0 Å². The third-order valence-corrected chi connectivity index (χ3v) is 5.05. The van der Waals surface area contributed by atoms with Gasteiger partial charge in [0.15, 0.2) is 0 Å². The highest BCUT2D eigenvalue weighted by atomic mass is 127. The molecular weight excluding hydrogens is 413 g/mol. The van der Waals surface area contributed by atoms with Gasteiger partial charge in [-0.25, -0.2) is 0 Å². The van der Waals surface area contributed by atoms with E-state index in [1.54, 1.807) is 0 Å². The van der Waals surface area contributed by atoms with E-state index in [4.69, 9.17) is 0 Å².